The number of benzene rings is 1. The molecular weight excluding hydrogens is 210 g/mol. The number of anilines is 1. The summed E-state index contributed by atoms with van der Waals surface area (Å²) in [6.07, 6.45) is 5.21. The quantitative estimate of drug-likeness (QED) is 0.793. The largest absolute Gasteiger partial charge is 0.398 e. The van der Waals surface area contributed by atoms with Crippen LogP contribution >= 0.6 is 0 Å². The number of hydrazine groups is 1. The Labute approximate surface area is 103 Å². The highest BCUT2D eigenvalue weighted by atomic mass is 15.6. The van der Waals surface area contributed by atoms with Crippen LogP contribution in [-0.2, 0) is 0 Å². The van der Waals surface area contributed by atoms with Crippen molar-refractivity contribution in [3.8, 4) is 0 Å². The first-order chi connectivity index (χ1) is 8.36. The highest BCUT2D eigenvalue weighted by Gasteiger charge is 2.32. The lowest BCUT2D eigenvalue weighted by Crippen LogP contribution is -2.40. The molecule has 2 aliphatic heterocycles. The fourth-order valence-corrected chi connectivity index (χ4v) is 3.18. The van der Waals surface area contributed by atoms with Gasteiger partial charge in [0, 0.05) is 25.3 Å². The lowest BCUT2D eigenvalue weighted by atomic mass is 10.0. The van der Waals surface area contributed by atoms with Crippen molar-refractivity contribution in [3.05, 3.63) is 29.8 Å². The van der Waals surface area contributed by atoms with E-state index >= 15 is 0 Å². The first-order valence-corrected chi connectivity index (χ1v) is 6.72. The summed E-state index contributed by atoms with van der Waals surface area (Å²) in [4.78, 5) is 0. The maximum atomic E-state index is 6.12. The molecule has 0 amide bonds. The second-order valence-corrected chi connectivity index (χ2v) is 5.11. The Morgan fingerprint density at radius 1 is 1.00 bits per heavy atom. The minimum Gasteiger partial charge on any atom is -0.398 e. The molecule has 1 atom stereocenters. The molecule has 1 aromatic carbocycles. The molecule has 2 heterocycles. The monoisotopic (exact) mass is 231 g/mol. The van der Waals surface area contributed by atoms with Gasteiger partial charge in [0.1, 0.15) is 0 Å². The fraction of sp³-hybridized carbons (Fsp3) is 0.571. The summed E-state index contributed by atoms with van der Waals surface area (Å²) in [5, 5.41) is 5.09. The molecule has 0 saturated carbocycles. The van der Waals surface area contributed by atoms with Gasteiger partial charge in [0.15, 0.2) is 0 Å². The summed E-state index contributed by atoms with van der Waals surface area (Å²) in [5.41, 5.74) is 8.38. The van der Waals surface area contributed by atoms with Gasteiger partial charge in [-0.05, 0) is 37.3 Å². The van der Waals surface area contributed by atoms with Gasteiger partial charge >= 0.3 is 0 Å². The zero-order chi connectivity index (χ0) is 11.7. The molecule has 2 N–H and O–H groups in total. The number of nitrogens with two attached hydrogens (primary N) is 1. The molecule has 0 radical (unpaired) electrons. The van der Waals surface area contributed by atoms with E-state index < -0.39 is 0 Å². The maximum Gasteiger partial charge on any atom is 0.0516 e. The second-order valence-electron chi connectivity index (χ2n) is 5.11. The van der Waals surface area contributed by atoms with Gasteiger partial charge in [-0.25, -0.2) is 10.0 Å². The summed E-state index contributed by atoms with van der Waals surface area (Å²) in [6, 6.07) is 8.85. The van der Waals surface area contributed by atoms with Gasteiger partial charge in [-0.2, -0.15) is 0 Å². The average Bonchev–Trinajstić information content (AvgIpc) is 3.00. The minimum atomic E-state index is 0.509. The van der Waals surface area contributed by atoms with Gasteiger partial charge in [-0.1, -0.05) is 18.2 Å². The summed E-state index contributed by atoms with van der Waals surface area (Å²) in [6.45, 7) is 3.64. The van der Waals surface area contributed by atoms with Crippen LogP contribution < -0.4 is 5.73 Å². The molecule has 1 unspecified atom stereocenters. The molecule has 3 heteroatoms. The highest BCUT2D eigenvalue weighted by Crippen LogP contribution is 2.36. The Morgan fingerprint density at radius 3 is 2.53 bits per heavy atom. The van der Waals surface area contributed by atoms with Crippen molar-refractivity contribution < 1.29 is 0 Å². The number of para-hydroxylation sites is 1. The molecule has 0 aromatic heterocycles. The average molecular weight is 231 g/mol. The van der Waals surface area contributed by atoms with Gasteiger partial charge in [-0.15, -0.1) is 0 Å². The highest BCUT2D eigenvalue weighted by molar-refractivity contribution is 5.48. The van der Waals surface area contributed by atoms with Gasteiger partial charge in [0.05, 0.1) is 6.04 Å². The third kappa shape index (κ3) is 2.05. The first kappa shape index (κ1) is 11.1. The van der Waals surface area contributed by atoms with E-state index in [1.165, 1.54) is 50.9 Å². The zero-order valence-electron chi connectivity index (χ0n) is 10.3. The topological polar surface area (TPSA) is 32.5 Å². The van der Waals surface area contributed by atoms with Crippen molar-refractivity contribution in [2.75, 3.05) is 25.4 Å². The van der Waals surface area contributed by atoms with Crippen LogP contribution in [0.3, 0.4) is 0 Å². The molecule has 1 aromatic rings. The van der Waals surface area contributed by atoms with Crippen LogP contribution in [0.1, 0.15) is 37.3 Å². The predicted octanol–water partition coefficient (Wildman–Crippen LogP) is 2.42. The van der Waals surface area contributed by atoms with Crippen molar-refractivity contribution in [1.82, 2.24) is 10.0 Å². The van der Waals surface area contributed by atoms with Crippen molar-refractivity contribution in [2.24, 2.45) is 0 Å². The van der Waals surface area contributed by atoms with E-state index in [0.717, 1.165) is 5.69 Å². The number of nitrogen functional groups attached to an aromatic ring is 1. The van der Waals surface area contributed by atoms with E-state index in [2.05, 4.69) is 22.2 Å². The summed E-state index contributed by atoms with van der Waals surface area (Å²) in [5.74, 6) is 0. The van der Waals surface area contributed by atoms with E-state index in [1.54, 1.807) is 0 Å². The molecule has 2 aliphatic rings. The number of hydrogen-bond donors (Lipinski definition) is 1. The molecule has 0 aliphatic carbocycles. The van der Waals surface area contributed by atoms with Crippen LogP contribution in [-0.4, -0.2) is 29.7 Å². The number of nitrogens with zero attached hydrogens (tertiary/aromatic N) is 2. The Balaban J connectivity index is 1.84. The summed E-state index contributed by atoms with van der Waals surface area (Å²) < 4.78 is 0. The minimum absolute atomic E-state index is 0.509. The zero-order valence-corrected chi connectivity index (χ0v) is 10.3. The van der Waals surface area contributed by atoms with E-state index in [9.17, 15) is 0 Å². The van der Waals surface area contributed by atoms with Crippen LogP contribution in [0.15, 0.2) is 24.3 Å². The SMILES string of the molecule is Nc1ccccc1C1CCCN1N1CCCC1. The van der Waals surface area contributed by atoms with Gasteiger partial charge in [0.2, 0.25) is 0 Å². The van der Waals surface area contributed by atoms with Gasteiger partial charge < -0.3 is 5.73 Å². The lowest BCUT2D eigenvalue weighted by Gasteiger charge is -2.33. The molecular formula is C14H21N3. The third-order valence-corrected chi connectivity index (χ3v) is 4.03. The second kappa shape index (κ2) is 4.67. The summed E-state index contributed by atoms with van der Waals surface area (Å²) in [7, 11) is 0. The normalized spacial score (nSPS) is 26.7. The molecule has 3 nitrogen and oxygen atoms in total. The molecule has 0 spiro atoms. The molecule has 2 saturated heterocycles. The van der Waals surface area contributed by atoms with Crippen molar-refractivity contribution in [2.45, 2.75) is 31.7 Å². The Hall–Kier alpha value is -1.06. The van der Waals surface area contributed by atoms with E-state index in [4.69, 9.17) is 5.73 Å². The number of rotatable bonds is 2. The summed E-state index contributed by atoms with van der Waals surface area (Å²) >= 11 is 0. The van der Waals surface area contributed by atoms with Crippen molar-refractivity contribution in [1.29, 1.82) is 0 Å². The molecule has 3 rings (SSSR count). The Morgan fingerprint density at radius 2 is 1.76 bits per heavy atom. The van der Waals surface area contributed by atoms with Gasteiger partial charge in [-0.3, -0.25) is 0 Å². The van der Waals surface area contributed by atoms with Crippen molar-refractivity contribution >= 4 is 5.69 Å². The first-order valence-electron chi connectivity index (χ1n) is 6.72. The van der Waals surface area contributed by atoms with Crippen LogP contribution in [0.4, 0.5) is 5.69 Å². The lowest BCUT2D eigenvalue weighted by molar-refractivity contribution is -0.0162. The number of hydrogen-bond acceptors (Lipinski definition) is 3. The standard InChI is InChI=1S/C14H21N3/c15-13-7-2-1-6-12(13)14-8-5-11-17(14)16-9-3-4-10-16/h1-2,6-7,14H,3-5,8-11,15H2. The van der Waals surface area contributed by atoms with E-state index in [0.29, 0.717) is 6.04 Å². The molecule has 0 bridgehead atoms. The van der Waals surface area contributed by atoms with Crippen LogP contribution in [0, 0.1) is 0 Å². The van der Waals surface area contributed by atoms with Gasteiger partial charge in [0.25, 0.3) is 0 Å². The maximum absolute atomic E-state index is 6.12. The van der Waals surface area contributed by atoms with E-state index in [1.807, 2.05) is 12.1 Å². The van der Waals surface area contributed by atoms with Crippen molar-refractivity contribution in [3.63, 3.8) is 0 Å². The Bertz CT molecular complexity index is 385. The van der Waals surface area contributed by atoms with Crippen LogP contribution in [0.25, 0.3) is 0 Å². The smallest absolute Gasteiger partial charge is 0.0516 e. The molecule has 92 valence electrons. The molecule has 17 heavy (non-hydrogen) atoms. The Kier molecular flexibility index (Phi) is 3.04. The third-order valence-electron chi connectivity index (χ3n) is 4.03. The fourth-order valence-electron chi connectivity index (χ4n) is 3.18. The molecule has 2 fully saturated rings. The predicted molar refractivity (Wildman–Crippen MR) is 70.3 cm³/mol. The van der Waals surface area contributed by atoms with Crippen LogP contribution in [0.5, 0.6) is 0 Å². The van der Waals surface area contributed by atoms with E-state index in [-0.39, 0.29) is 0 Å². The van der Waals surface area contributed by atoms with Crippen LogP contribution in [0.2, 0.25) is 0 Å².